The SMILES string of the molecule is Cc1cc(C(C)(C)C)c(O)c(C(C)(C)C)c1C1C=CC=C1. The summed E-state index contributed by atoms with van der Waals surface area (Å²) in [7, 11) is 0. The van der Waals surface area contributed by atoms with Gasteiger partial charge in [-0.2, -0.15) is 0 Å². The second-order valence-electron chi connectivity index (χ2n) is 8.17. The lowest BCUT2D eigenvalue weighted by Crippen LogP contribution is -2.21. The Kier molecular flexibility index (Phi) is 3.82. The number of hydrogen-bond acceptors (Lipinski definition) is 1. The molecule has 0 fully saturated rings. The number of aromatic hydroxyl groups is 1. The summed E-state index contributed by atoms with van der Waals surface area (Å²) < 4.78 is 0. The summed E-state index contributed by atoms with van der Waals surface area (Å²) in [4.78, 5) is 0. The van der Waals surface area contributed by atoms with Crippen LogP contribution in [-0.2, 0) is 10.8 Å². The van der Waals surface area contributed by atoms with E-state index >= 15 is 0 Å². The van der Waals surface area contributed by atoms with Gasteiger partial charge in [-0.3, -0.25) is 0 Å². The Labute approximate surface area is 129 Å². The van der Waals surface area contributed by atoms with E-state index in [0.717, 1.165) is 11.1 Å². The average molecular weight is 284 g/mol. The van der Waals surface area contributed by atoms with E-state index < -0.39 is 0 Å². The van der Waals surface area contributed by atoms with E-state index in [0.29, 0.717) is 5.75 Å². The van der Waals surface area contributed by atoms with E-state index in [1.165, 1.54) is 11.1 Å². The zero-order valence-corrected chi connectivity index (χ0v) is 14.4. The molecule has 0 unspecified atom stereocenters. The van der Waals surface area contributed by atoms with Crippen LogP contribution >= 0.6 is 0 Å². The van der Waals surface area contributed by atoms with Gasteiger partial charge in [0, 0.05) is 11.5 Å². The maximum atomic E-state index is 11.0. The Morgan fingerprint density at radius 2 is 1.43 bits per heavy atom. The summed E-state index contributed by atoms with van der Waals surface area (Å²) in [6, 6.07) is 2.17. The summed E-state index contributed by atoms with van der Waals surface area (Å²) in [6.07, 6.45) is 8.58. The molecule has 1 aromatic carbocycles. The van der Waals surface area contributed by atoms with Gasteiger partial charge < -0.3 is 5.11 Å². The fourth-order valence-corrected chi connectivity index (χ4v) is 3.21. The molecule has 0 aliphatic heterocycles. The van der Waals surface area contributed by atoms with Crippen molar-refractivity contribution in [2.24, 2.45) is 0 Å². The van der Waals surface area contributed by atoms with Crippen LogP contribution in [0.5, 0.6) is 5.75 Å². The van der Waals surface area contributed by atoms with Crippen molar-refractivity contribution in [2.75, 3.05) is 0 Å². The molecule has 2 rings (SSSR count). The summed E-state index contributed by atoms with van der Waals surface area (Å²) in [5.74, 6) is 0.753. The first-order valence-corrected chi connectivity index (χ1v) is 7.76. The molecule has 1 aliphatic carbocycles. The molecule has 0 spiro atoms. The van der Waals surface area contributed by atoms with Gasteiger partial charge in [0.1, 0.15) is 5.75 Å². The summed E-state index contributed by atoms with van der Waals surface area (Å²) in [6.45, 7) is 15.2. The van der Waals surface area contributed by atoms with Crippen LogP contribution in [-0.4, -0.2) is 5.11 Å². The lowest BCUT2D eigenvalue weighted by atomic mass is 9.73. The van der Waals surface area contributed by atoms with Crippen LogP contribution in [0.3, 0.4) is 0 Å². The molecular formula is C20H28O. The highest BCUT2D eigenvalue weighted by atomic mass is 16.3. The number of phenols is 1. The lowest BCUT2D eigenvalue weighted by molar-refractivity contribution is 0.420. The predicted molar refractivity (Wildman–Crippen MR) is 91.3 cm³/mol. The molecule has 1 heteroatoms. The maximum absolute atomic E-state index is 11.0. The third kappa shape index (κ3) is 2.92. The number of allylic oxidation sites excluding steroid dienone is 4. The van der Waals surface area contributed by atoms with Gasteiger partial charge in [0.2, 0.25) is 0 Å². The van der Waals surface area contributed by atoms with Crippen molar-refractivity contribution in [2.45, 2.75) is 65.2 Å². The molecule has 114 valence electrons. The van der Waals surface area contributed by atoms with Crippen molar-refractivity contribution in [1.82, 2.24) is 0 Å². The molecule has 0 saturated heterocycles. The van der Waals surface area contributed by atoms with Crippen molar-refractivity contribution >= 4 is 0 Å². The average Bonchev–Trinajstić information content (AvgIpc) is 2.81. The second kappa shape index (κ2) is 5.05. The van der Waals surface area contributed by atoms with Crippen molar-refractivity contribution in [3.63, 3.8) is 0 Å². The van der Waals surface area contributed by atoms with Gasteiger partial charge in [-0.05, 0) is 34.4 Å². The Morgan fingerprint density at radius 1 is 0.905 bits per heavy atom. The fourth-order valence-electron chi connectivity index (χ4n) is 3.21. The number of aryl methyl sites for hydroxylation is 1. The molecule has 1 aliphatic rings. The Hall–Kier alpha value is -1.50. The molecule has 0 atom stereocenters. The van der Waals surface area contributed by atoms with Gasteiger partial charge in [-0.25, -0.2) is 0 Å². The number of rotatable bonds is 1. The first-order chi connectivity index (χ1) is 9.53. The normalized spacial score (nSPS) is 16.0. The summed E-state index contributed by atoms with van der Waals surface area (Å²) in [5, 5.41) is 11.0. The summed E-state index contributed by atoms with van der Waals surface area (Å²) >= 11 is 0. The standard InChI is InChI=1S/C20H28O/c1-13-12-15(19(2,3)4)18(21)17(20(5,6)7)16(13)14-10-8-9-11-14/h8-12,14,21H,1-7H3. The third-order valence-electron chi connectivity index (χ3n) is 4.19. The molecule has 0 saturated carbocycles. The Morgan fingerprint density at radius 3 is 1.86 bits per heavy atom. The minimum atomic E-state index is -0.0876. The predicted octanol–water partition coefficient (Wildman–Crippen LogP) is 5.51. The van der Waals surface area contributed by atoms with E-state index in [4.69, 9.17) is 0 Å². The zero-order valence-electron chi connectivity index (χ0n) is 14.4. The van der Waals surface area contributed by atoms with Crippen molar-refractivity contribution < 1.29 is 5.11 Å². The molecule has 0 bridgehead atoms. The number of benzene rings is 1. The largest absolute Gasteiger partial charge is 0.507 e. The molecule has 1 N–H and O–H groups in total. The van der Waals surface area contributed by atoms with E-state index in [9.17, 15) is 5.11 Å². The van der Waals surface area contributed by atoms with Crippen LogP contribution in [0.15, 0.2) is 30.4 Å². The van der Waals surface area contributed by atoms with Gasteiger partial charge >= 0.3 is 0 Å². The van der Waals surface area contributed by atoms with Crippen molar-refractivity contribution in [3.05, 3.63) is 52.6 Å². The van der Waals surface area contributed by atoms with Crippen molar-refractivity contribution in [1.29, 1.82) is 0 Å². The van der Waals surface area contributed by atoms with Gasteiger partial charge in [0.05, 0.1) is 0 Å². The number of phenolic OH excluding ortho intramolecular Hbond substituents is 1. The van der Waals surface area contributed by atoms with Crippen molar-refractivity contribution in [3.8, 4) is 5.75 Å². The monoisotopic (exact) mass is 284 g/mol. The summed E-state index contributed by atoms with van der Waals surface area (Å²) in [5.41, 5.74) is 4.51. The van der Waals surface area contributed by atoms with E-state index in [-0.39, 0.29) is 16.7 Å². The van der Waals surface area contributed by atoms with E-state index in [2.05, 4.69) is 78.8 Å². The molecular weight excluding hydrogens is 256 g/mol. The van der Waals surface area contributed by atoms with Crippen LogP contribution in [0.4, 0.5) is 0 Å². The maximum Gasteiger partial charge on any atom is 0.123 e. The molecule has 21 heavy (non-hydrogen) atoms. The third-order valence-corrected chi connectivity index (χ3v) is 4.19. The smallest absolute Gasteiger partial charge is 0.123 e. The highest BCUT2D eigenvalue weighted by Gasteiger charge is 2.31. The van der Waals surface area contributed by atoms with Crippen LogP contribution in [0.1, 0.15) is 69.7 Å². The van der Waals surface area contributed by atoms with Gasteiger partial charge in [-0.1, -0.05) is 71.9 Å². The highest BCUT2D eigenvalue weighted by Crippen LogP contribution is 2.45. The molecule has 1 aromatic rings. The first kappa shape index (κ1) is 15.9. The Balaban J connectivity index is 2.80. The minimum absolute atomic E-state index is 0.0608. The van der Waals surface area contributed by atoms with E-state index in [1.807, 2.05) is 0 Å². The molecule has 0 aromatic heterocycles. The van der Waals surface area contributed by atoms with Gasteiger partial charge in [-0.15, -0.1) is 0 Å². The van der Waals surface area contributed by atoms with Crippen LogP contribution < -0.4 is 0 Å². The lowest BCUT2D eigenvalue weighted by Gasteiger charge is -2.32. The second-order valence-corrected chi connectivity index (χ2v) is 8.17. The molecule has 0 amide bonds. The highest BCUT2D eigenvalue weighted by molar-refractivity contribution is 5.58. The fraction of sp³-hybridized carbons (Fsp3) is 0.500. The van der Waals surface area contributed by atoms with Crippen LogP contribution in [0.2, 0.25) is 0 Å². The zero-order chi connectivity index (χ0) is 16.0. The quantitative estimate of drug-likeness (QED) is 0.721. The molecule has 1 nitrogen and oxygen atoms in total. The Bertz CT molecular complexity index is 592. The van der Waals surface area contributed by atoms with E-state index in [1.54, 1.807) is 0 Å². The number of hydrogen-bond donors (Lipinski definition) is 1. The van der Waals surface area contributed by atoms with Gasteiger partial charge in [0.25, 0.3) is 0 Å². The van der Waals surface area contributed by atoms with Crippen LogP contribution in [0, 0.1) is 6.92 Å². The molecule has 0 radical (unpaired) electrons. The first-order valence-electron chi connectivity index (χ1n) is 7.76. The topological polar surface area (TPSA) is 20.2 Å². The molecule has 0 heterocycles. The minimum Gasteiger partial charge on any atom is -0.507 e. The van der Waals surface area contributed by atoms with Crippen LogP contribution in [0.25, 0.3) is 0 Å². The van der Waals surface area contributed by atoms with Gasteiger partial charge in [0.15, 0.2) is 0 Å².